The maximum Gasteiger partial charge on any atom is 0.411 e. The molecule has 7 nitrogen and oxygen atoms in total. The maximum atomic E-state index is 13.0. The van der Waals surface area contributed by atoms with Crippen LogP contribution in [0.2, 0.25) is 0 Å². The molecule has 0 radical (unpaired) electrons. The van der Waals surface area contributed by atoms with Crippen molar-refractivity contribution in [1.82, 2.24) is 24.6 Å². The number of pyridine rings is 1. The van der Waals surface area contributed by atoms with E-state index in [4.69, 9.17) is 0 Å². The van der Waals surface area contributed by atoms with Gasteiger partial charge in [-0.3, -0.25) is 9.69 Å². The normalized spacial score (nSPS) is 15.5. The molecule has 0 unspecified atom stereocenters. The van der Waals surface area contributed by atoms with Gasteiger partial charge in [-0.2, -0.15) is 18.3 Å². The van der Waals surface area contributed by atoms with E-state index in [1.807, 2.05) is 25.1 Å². The number of aromatic nitrogens is 3. The summed E-state index contributed by atoms with van der Waals surface area (Å²) in [7, 11) is 0. The Bertz CT molecular complexity index is 818. The molecule has 0 atom stereocenters. The number of ether oxygens (including phenoxy) is 1. The number of carbonyl (C=O) groups is 1. The SMILES string of the molecule is CCc1c(C(=O)N2CCN(CCCOCC(F)(F)F)CC2)cnn1-c1ccccn1. The summed E-state index contributed by atoms with van der Waals surface area (Å²) < 4.78 is 42.5. The van der Waals surface area contributed by atoms with Crippen LogP contribution in [0.3, 0.4) is 0 Å². The minimum Gasteiger partial charge on any atom is -0.372 e. The highest BCUT2D eigenvalue weighted by Crippen LogP contribution is 2.18. The van der Waals surface area contributed by atoms with E-state index in [1.54, 1.807) is 22.0 Å². The summed E-state index contributed by atoms with van der Waals surface area (Å²) in [5.41, 5.74) is 1.40. The van der Waals surface area contributed by atoms with Gasteiger partial charge in [0.25, 0.3) is 5.91 Å². The van der Waals surface area contributed by atoms with Crippen LogP contribution in [0.25, 0.3) is 5.82 Å². The van der Waals surface area contributed by atoms with Crippen LogP contribution in [-0.4, -0.2) is 82.6 Å². The Kier molecular flexibility index (Phi) is 7.43. The Morgan fingerprint density at radius 3 is 2.60 bits per heavy atom. The van der Waals surface area contributed by atoms with E-state index in [2.05, 4.69) is 19.7 Å². The van der Waals surface area contributed by atoms with Gasteiger partial charge in [0, 0.05) is 45.5 Å². The van der Waals surface area contributed by atoms with Gasteiger partial charge in [-0.15, -0.1) is 0 Å². The topological polar surface area (TPSA) is 63.5 Å². The van der Waals surface area contributed by atoms with Crippen molar-refractivity contribution in [3.63, 3.8) is 0 Å². The van der Waals surface area contributed by atoms with Crippen molar-refractivity contribution in [1.29, 1.82) is 0 Å². The van der Waals surface area contributed by atoms with Crippen LogP contribution >= 0.6 is 0 Å². The molecule has 1 saturated heterocycles. The molecule has 0 aromatic carbocycles. The lowest BCUT2D eigenvalue weighted by Crippen LogP contribution is -2.49. The Morgan fingerprint density at radius 1 is 1.20 bits per heavy atom. The molecule has 30 heavy (non-hydrogen) atoms. The lowest BCUT2D eigenvalue weighted by Gasteiger charge is -2.34. The first-order chi connectivity index (χ1) is 14.4. The number of alkyl halides is 3. The standard InChI is InChI=1S/C20H26F3N5O2/c1-2-17-16(14-25-28(17)18-6-3-4-7-24-18)19(29)27-11-9-26(10-12-27)8-5-13-30-15-20(21,22)23/h3-4,6-7,14H,2,5,8-13,15H2,1H3. The van der Waals surface area contributed by atoms with E-state index in [9.17, 15) is 18.0 Å². The smallest absolute Gasteiger partial charge is 0.372 e. The number of carbonyl (C=O) groups excluding carboxylic acids is 1. The first-order valence-electron chi connectivity index (χ1n) is 10.0. The molecule has 10 heteroatoms. The molecule has 2 aromatic heterocycles. The van der Waals surface area contributed by atoms with Gasteiger partial charge in [0.15, 0.2) is 5.82 Å². The molecule has 0 aliphatic carbocycles. The van der Waals surface area contributed by atoms with E-state index >= 15 is 0 Å². The third-order valence-electron chi connectivity index (χ3n) is 4.99. The average Bonchev–Trinajstić information content (AvgIpc) is 3.17. The molecular weight excluding hydrogens is 399 g/mol. The van der Waals surface area contributed by atoms with Crippen molar-refractivity contribution >= 4 is 5.91 Å². The number of hydrogen-bond acceptors (Lipinski definition) is 5. The molecule has 1 aliphatic heterocycles. The lowest BCUT2D eigenvalue weighted by atomic mass is 10.1. The van der Waals surface area contributed by atoms with Gasteiger partial charge in [0.1, 0.15) is 6.61 Å². The van der Waals surface area contributed by atoms with Crippen LogP contribution in [0, 0.1) is 0 Å². The van der Waals surface area contributed by atoms with Gasteiger partial charge in [-0.05, 0) is 25.0 Å². The van der Waals surface area contributed by atoms with Crippen LogP contribution in [0.1, 0.15) is 29.4 Å². The number of rotatable bonds is 8. The zero-order chi connectivity index (χ0) is 21.6. The van der Waals surface area contributed by atoms with Crippen molar-refractivity contribution in [2.24, 2.45) is 0 Å². The van der Waals surface area contributed by atoms with E-state index in [0.717, 1.165) is 5.69 Å². The monoisotopic (exact) mass is 425 g/mol. The second-order valence-electron chi connectivity index (χ2n) is 7.11. The summed E-state index contributed by atoms with van der Waals surface area (Å²) in [4.78, 5) is 21.3. The second-order valence-corrected chi connectivity index (χ2v) is 7.11. The third-order valence-corrected chi connectivity index (χ3v) is 4.99. The first kappa shape index (κ1) is 22.2. The van der Waals surface area contributed by atoms with Gasteiger partial charge in [-0.1, -0.05) is 13.0 Å². The van der Waals surface area contributed by atoms with Crippen LogP contribution in [0.5, 0.6) is 0 Å². The highest BCUT2D eigenvalue weighted by atomic mass is 19.4. The molecule has 1 aliphatic rings. The molecule has 2 aromatic rings. The summed E-state index contributed by atoms with van der Waals surface area (Å²) in [5.74, 6) is 0.619. The number of amides is 1. The lowest BCUT2D eigenvalue weighted by molar-refractivity contribution is -0.174. The molecule has 1 fully saturated rings. The number of nitrogens with zero attached hydrogens (tertiary/aromatic N) is 5. The third kappa shape index (κ3) is 5.79. The second kappa shape index (κ2) is 10.0. The molecule has 0 bridgehead atoms. The summed E-state index contributed by atoms with van der Waals surface area (Å²) in [6.07, 6.45) is 0.176. The van der Waals surface area contributed by atoms with E-state index in [1.165, 1.54) is 0 Å². The van der Waals surface area contributed by atoms with Gasteiger partial charge in [0.05, 0.1) is 17.5 Å². The molecule has 0 N–H and O–H groups in total. The maximum absolute atomic E-state index is 13.0. The largest absolute Gasteiger partial charge is 0.411 e. The minimum atomic E-state index is -4.28. The van der Waals surface area contributed by atoms with Crippen molar-refractivity contribution in [3.8, 4) is 5.82 Å². The number of hydrogen-bond donors (Lipinski definition) is 0. The first-order valence-corrected chi connectivity index (χ1v) is 10.0. The fourth-order valence-electron chi connectivity index (χ4n) is 3.49. The van der Waals surface area contributed by atoms with Crippen LogP contribution in [0.15, 0.2) is 30.6 Å². The van der Waals surface area contributed by atoms with Crippen molar-refractivity contribution in [3.05, 3.63) is 41.9 Å². The summed E-state index contributed by atoms with van der Waals surface area (Å²) in [5, 5.41) is 4.37. The van der Waals surface area contributed by atoms with E-state index in [0.29, 0.717) is 56.9 Å². The minimum absolute atomic E-state index is 0.0535. The van der Waals surface area contributed by atoms with Crippen LogP contribution in [-0.2, 0) is 11.2 Å². The Morgan fingerprint density at radius 2 is 1.97 bits per heavy atom. The molecule has 0 spiro atoms. The number of piperazine rings is 1. The van der Waals surface area contributed by atoms with E-state index in [-0.39, 0.29) is 12.5 Å². The van der Waals surface area contributed by atoms with Crippen molar-refractivity contribution in [2.75, 3.05) is 45.9 Å². The Hall–Kier alpha value is -2.46. The molecule has 164 valence electrons. The highest BCUT2D eigenvalue weighted by molar-refractivity contribution is 5.95. The highest BCUT2D eigenvalue weighted by Gasteiger charge is 2.28. The fourth-order valence-corrected chi connectivity index (χ4v) is 3.49. The Balaban J connectivity index is 1.50. The van der Waals surface area contributed by atoms with Crippen molar-refractivity contribution in [2.45, 2.75) is 25.9 Å². The summed E-state index contributed by atoms with van der Waals surface area (Å²) in [6, 6.07) is 5.54. The number of halogens is 3. The van der Waals surface area contributed by atoms with Gasteiger partial charge >= 0.3 is 6.18 Å². The molecule has 3 heterocycles. The molecular formula is C20H26F3N5O2. The van der Waals surface area contributed by atoms with Crippen LogP contribution in [0.4, 0.5) is 13.2 Å². The zero-order valence-electron chi connectivity index (χ0n) is 16.9. The van der Waals surface area contributed by atoms with E-state index < -0.39 is 12.8 Å². The molecule has 0 saturated carbocycles. The average molecular weight is 425 g/mol. The fraction of sp³-hybridized carbons (Fsp3) is 0.550. The van der Waals surface area contributed by atoms with Gasteiger partial charge in [0.2, 0.25) is 0 Å². The summed E-state index contributed by atoms with van der Waals surface area (Å²) >= 11 is 0. The van der Waals surface area contributed by atoms with Gasteiger partial charge in [-0.25, -0.2) is 9.67 Å². The molecule has 1 amide bonds. The predicted octanol–water partition coefficient (Wildman–Crippen LogP) is 2.56. The zero-order valence-corrected chi connectivity index (χ0v) is 16.9. The van der Waals surface area contributed by atoms with Gasteiger partial charge < -0.3 is 9.64 Å². The van der Waals surface area contributed by atoms with Crippen molar-refractivity contribution < 1.29 is 22.7 Å². The predicted molar refractivity (Wildman–Crippen MR) is 105 cm³/mol. The quantitative estimate of drug-likeness (QED) is 0.609. The van der Waals surface area contributed by atoms with Crippen LogP contribution < -0.4 is 0 Å². The molecule has 3 rings (SSSR count). The summed E-state index contributed by atoms with van der Waals surface area (Å²) in [6.45, 7) is 4.00. The Labute approximate surface area is 173 Å².